The summed E-state index contributed by atoms with van der Waals surface area (Å²) in [6, 6.07) is 9.78. The number of nitrogens with zero attached hydrogens (tertiary/aromatic N) is 1. The van der Waals surface area contributed by atoms with Gasteiger partial charge in [-0.3, -0.25) is 4.79 Å². The number of nitrogens with one attached hydrogen (secondary N) is 1. The number of benzene rings is 1. The molecule has 1 aromatic carbocycles. The third kappa shape index (κ3) is 5.21. The van der Waals surface area contributed by atoms with Crippen LogP contribution in [0.3, 0.4) is 0 Å². The Balaban J connectivity index is 2.85. The van der Waals surface area contributed by atoms with Crippen LogP contribution in [0.4, 0.5) is 5.69 Å². The van der Waals surface area contributed by atoms with Gasteiger partial charge in [0.2, 0.25) is 5.91 Å². The molecule has 0 saturated carbocycles. The molecule has 112 valence electrons. The highest BCUT2D eigenvalue weighted by Gasteiger charge is 2.24. The number of carbonyl (C=O) groups excluding carboxylic acids is 1. The summed E-state index contributed by atoms with van der Waals surface area (Å²) in [6.07, 6.45) is 0.863. The molecule has 0 aliphatic heterocycles. The first kappa shape index (κ1) is 16.5. The summed E-state index contributed by atoms with van der Waals surface area (Å²) >= 11 is 0. The summed E-state index contributed by atoms with van der Waals surface area (Å²) < 4.78 is 0. The fraction of sp³-hybridized carbons (Fsp3) is 0.562. The van der Waals surface area contributed by atoms with Crippen LogP contribution < -0.4 is 16.0 Å². The Morgan fingerprint density at radius 2 is 1.90 bits per heavy atom. The van der Waals surface area contributed by atoms with E-state index in [2.05, 4.69) is 10.2 Å². The van der Waals surface area contributed by atoms with Crippen molar-refractivity contribution in [2.24, 2.45) is 5.73 Å². The van der Waals surface area contributed by atoms with Gasteiger partial charge in [0.1, 0.15) is 6.04 Å². The minimum Gasteiger partial charge on any atom is -0.360 e. The van der Waals surface area contributed by atoms with Gasteiger partial charge in [0.05, 0.1) is 0 Å². The maximum absolute atomic E-state index is 12.4. The number of carbonyl (C=O) groups is 1. The second-order valence-electron chi connectivity index (χ2n) is 6.09. The van der Waals surface area contributed by atoms with Gasteiger partial charge in [-0.25, -0.2) is 0 Å². The van der Waals surface area contributed by atoms with Crippen molar-refractivity contribution in [2.45, 2.75) is 45.7 Å². The van der Waals surface area contributed by atoms with Crippen molar-refractivity contribution in [1.29, 1.82) is 0 Å². The minimum absolute atomic E-state index is 0.0402. The molecule has 0 aromatic heterocycles. The van der Waals surface area contributed by atoms with Gasteiger partial charge in [-0.1, -0.05) is 18.2 Å². The first-order chi connectivity index (χ1) is 9.35. The molecule has 0 saturated heterocycles. The molecule has 1 amide bonds. The molecule has 0 bridgehead atoms. The summed E-state index contributed by atoms with van der Waals surface area (Å²) in [5.41, 5.74) is 6.44. The van der Waals surface area contributed by atoms with E-state index in [0.29, 0.717) is 6.54 Å². The Morgan fingerprint density at radius 1 is 1.30 bits per heavy atom. The van der Waals surface area contributed by atoms with Gasteiger partial charge >= 0.3 is 0 Å². The molecule has 0 heterocycles. The van der Waals surface area contributed by atoms with E-state index in [4.69, 9.17) is 5.73 Å². The monoisotopic (exact) mass is 277 g/mol. The van der Waals surface area contributed by atoms with E-state index in [-0.39, 0.29) is 17.5 Å². The minimum atomic E-state index is -0.221. The lowest BCUT2D eigenvalue weighted by Gasteiger charge is -2.32. The van der Waals surface area contributed by atoms with Crippen LogP contribution >= 0.6 is 0 Å². The van der Waals surface area contributed by atoms with Gasteiger partial charge in [-0.15, -0.1) is 0 Å². The third-order valence-corrected chi connectivity index (χ3v) is 3.04. The molecule has 4 nitrogen and oxygen atoms in total. The average Bonchev–Trinajstić information content (AvgIpc) is 2.38. The average molecular weight is 277 g/mol. The van der Waals surface area contributed by atoms with Gasteiger partial charge in [0, 0.05) is 17.8 Å². The maximum Gasteiger partial charge on any atom is 0.242 e. The Labute approximate surface area is 122 Å². The van der Waals surface area contributed by atoms with Crippen molar-refractivity contribution in [2.75, 3.05) is 18.0 Å². The number of amides is 1. The number of nitrogens with two attached hydrogens (primary N) is 1. The van der Waals surface area contributed by atoms with Crippen molar-refractivity contribution in [3.05, 3.63) is 30.3 Å². The molecule has 0 aliphatic carbocycles. The molecule has 20 heavy (non-hydrogen) atoms. The number of hydrogen-bond acceptors (Lipinski definition) is 3. The Hall–Kier alpha value is -1.55. The standard InChI is InChI=1S/C16H27N3O/c1-13(15(20)18-16(2,3)4)19(12-8-11-17)14-9-6-5-7-10-14/h5-7,9-10,13H,8,11-12,17H2,1-4H3,(H,18,20). The second kappa shape index (κ2) is 7.29. The molecule has 1 aromatic rings. The van der Waals surface area contributed by atoms with Gasteiger partial charge in [0.25, 0.3) is 0 Å². The highest BCUT2D eigenvalue weighted by atomic mass is 16.2. The summed E-state index contributed by atoms with van der Waals surface area (Å²) in [5.74, 6) is 0.0402. The fourth-order valence-electron chi connectivity index (χ4n) is 2.04. The second-order valence-corrected chi connectivity index (χ2v) is 6.09. The zero-order chi connectivity index (χ0) is 15.2. The smallest absolute Gasteiger partial charge is 0.242 e. The summed E-state index contributed by atoms with van der Waals surface area (Å²) in [6.45, 7) is 9.31. The summed E-state index contributed by atoms with van der Waals surface area (Å²) in [4.78, 5) is 14.5. The molecule has 4 heteroatoms. The lowest BCUT2D eigenvalue weighted by atomic mass is 10.1. The molecule has 0 radical (unpaired) electrons. The summed E-state index contributed by atoms with van der Waals surface area (Å²) in [5, 5.41) is 3.03. The first-order valence-electron chi connectivity index (χ1n) is 7.19. The van der Waals surface area contributed by atoms with E-state index >= 15 is 0 Å². The van der Waals surface area contributed by atoms with E-state index in [0.717, 1.165) is 18.7 Å². The zero-order valence-corrected chi connectivity index (χ0v) is 13.0. The predicted octanol–water partition coefficient (Wildman–Crippen LogP) is 2.14. The Bertz CT molecular complexity index is 411. The first-order valence-corrected chi connectivity index (χ1v) is 7.19. The molecular formula is C16H27N3O. The van der Waals surface area contributed by atoms with Gasteiger partial charge in [-0.05, 0) is 52.8 Å². The molecule has 1 rings (SSSR count). The number of anilines is 1. The van der Waals surface area contributed by atoms with Crippen LogP contribution in [0.15, 0.2) is 30.3 Å². The molecule has 3 N–H and O–H groups in total. The van der Waals surface area contributed by atoms with Crippen LogP contribution in [0.25, 0.3) is 0 Å². The van der Waals surface area contributed by atoms with Gasteiger partial charge in [0.15, 0.2) is 0 Å². The maximum atomic E-state index is 12.4. The van der Waals surface area contributed by atoms with Crippen molar-refractivity contribution >= 4 is 11.6 Å². The number of hydrogen-bond donors (Lipinski definition) is 2. The lowest BCUT2D eigenvalue weighted by molar-refractivity contribution is -0.123. The van der Waals surface area contributed by atoms with E-state index < -0.39 is 0 Å². The lowest BCUT2D eigenvalue weighted by Crippen LogP contribution is -2.51. The highest BCUT2D eigenvalue weighted by Crippen LogP contribution is 2.17. The van der Waals surface area contributed by atoms with Crippen LogP contribution in [0.2, 0.25) is 0 Å². The van der Waals surface area contributed by atoms with Crippen LogP contribution in [0.5, 0.6) is 0 Å². The van der Waals surface area contributed by atoms with E-state index in [1.54, 1.807) is 0 Å². The van der Waals surface area contributed by atoms with Crippen LogP contribution in [0.1, 0.15) is 34.1 Å². The number of rotatable bonds is 6. The van der Waals surface area contributed by atoms with E-state index in [1.165, 1.54) is 0 Å². The van der Waals surface area contributed by atoms with Crippen LogP contribution in [-0.4, -0.2) is 30.6 Å². The Morgan fingerprint density at radius 3 is 2.40 bits per heavy atom. The molecule has 0 spiro atoms. The van der Waals surface area contributed by atoms with Gasteiger partial charge < -0.3 is 16.0 Å². The predicted molar refractivity (Wildman–Crippen MR) is 84.8 cm³/mol. The van der Waals surface area contributed by atoms with Crippen molar-refractivity contribution in [3.8, 4) is 0 Å². The molecular weight excluding hydrogens is 250 g/mol. The van der Waals surface area contributed by atoms with E-state index in [1.807, 2.05) is 58.0 Å². The quantitative estimate of drug-likeness (QED) is 0.837. The molecule has 0 aliphatic rings. The topological polar surface area (TPSA) is 58.4 Å². The largest absolute Gasteiger partial charge is 0.360 e. The third-order valence-electron chi connectivity index (χ3n) is 3.04. The zero-order valence-electron chi connectivity index (χ0n) is 13.0. The van der Waals surface area contributed by atoms with Gasteiger partial charge in [-0.2, -0.15) is 0 Å². The van der Waals surface area contributed by atoms with Crippen LogP contribution in [-0.2, 0) is 4.79 Å². The highest BCUT2D eigenvalue weighted by molar-refractivity contribution is 5.85. The normalized spacial score (nSPS) is 12.8. The number of para-hydroxylation sites is 1. The van der Waals surface area contributed by atoms with Crippen molar-refractivity contribution in [1.82, 2.24) is 5.32 Å². The van der Waals surface area contributed by atoms with E-state index in [9.17, 15) is 4.79 Å². The summed E-state index contributed by atoms with van der Waals surface area (Å²) in [7, 11) is 0. The SMILES string of the molecule is CC(C(=O)NC(C)(C)C)N(CCCN)c1ccccc1. The molecule has 0 fully saturated rings. The molecule has 1 unspecified atom stereocenters. The van der Waals surface area contributed by atoms with Crippen molar-refractivity contribution in [3.63, 3.8) is 0 Å². The Kier molecular flexibility index (Phi) is 6.02. The fourth-order valence-corrected chi connectivity index (χ4v) is 2.04. The van der Waals surface area contributed by atoms with Crippen LogP contribution in [0, 0.1) is 0 Å². The molecule has 1 atom stereocenters. The van der Waals surface area contributed by atoms with Crippen molar-refractivity contribution < 1.29 is 4.79 Å².